The molecule has 1 aromatic rings. The van der Waals surface area contributed by atoms with Crippen molar-refractivity contribution in [2.45, 2.75) is 26.2 Å². The minimum absolute atomic E-state index is 0.0467. The number of aliphatic hydroxyl groups excluding tert-OH is 1. The second kappa shape index (κ2) is 10.5. The molecule has 0 aromatic heterocycles. The summed E-state index contributed by atoms with van der Waals surface area (Å²) in [7, 11) is 0. The summed E-state index contributed by atoms with van der Waals surface area (Å²) in [5, 5.41) is 11.5. The van der Waals surface area contributed by atoms with Crippen LogP contribution in [0.2, 0.25) is 0 Å². The predicted molar refractivity (Wildman–Crippen MR) is 88.1 cm³/mol. The molecule has 0 fully saturated rings. The first-order chi connectivity index (χ1) is 10.1. The molecular formula is C16H25NO3S. The number of hydrogen-bond donors (Lipinski definition) is 2. The average molecular weight is 311 g/mol. The Kier molecular flexibility index (Phi) is 8.94. The van der Waals surface area contributed by atoms with Crippen LogP contribution in [0.5, 0.6) is 5.75 Å². The molecular weight excluding hydrogens is 286 g/mol. The summed E-state index contributed by atoms with van der Waals surface area (Å²) in [6.07, 6.45) is 0.799. The van der Waals surface area contributed by atoms with Gasteiger partial charge in [0.1, 0.15) is 5.75 Å². The van der Waals surface area contributed by atoms with E-state index in [4.69, 9.17) is 9.84 Å². The summed E-state index contributed by atoms with van der Waals surface area (Å²) >= 11 is 1.73. The molecule has 0 bridgehead atoms. The van der Waals surface area contributed by atoms with Crippen LogP contribution in [0, 0.1) is 0 Å². The van der Waals surface area contributed by atoms with E-state index in [1.165, 1.54) is 0 Å². The number of benzene rings is 1. The molecule has 0 saturated heterocycles. The predicted octanol–water partition coefficient (Wildman–Crippen LogP) is 2.42. The summed E-state index contributed by atoms with van der Waals surface area (Å²) in [4.78, 5) is 11.7. The molecule has 0 aliphatic rings. The highest BCUT2D eigenvalue weighted by molar-refractivity contribution is 7.99. The molecule has 21 heavy (non-hydrogen) atoms. The minimum atomic E-state index is -0.101. The second-order valence-corrected chi connectivity index (χ2v) is 6.25. The van der Waals surface area contributed by atoms with Gasteiger partial charge in [-0.2, -0.15) is 11.8 Å². The number of hydrogen-bond acceptors (Lipinski definition) is 4. The number of para-hydroxylation sites is 1. The SMILES string of the molecule is CC(C)c1ccccc1OCC(=O)NCCSCCCO. The van der Waals surface area contributed by atoms with Gasteiger partial charge in [-0.15, -0.1) is 0 Å². The third kappa shape index (κ3) is 7.39. The summed E-state index contributed by atoms with van der Waals surface area (Å²) in [6, 6.07) is 7.81. The lowest BCUT2D eigenvalue weighted by Gasteiger charge is -2.13. The smallest absolute Gasteiger partial charge is 0.257 e. The molecule has 0 saturated carbocycles. The van der Waals surface area contributed by atoms with Crippen molar-refractivity contribution in [1.82, 2.24) is 5.32 Å². The first kappa shape index (κ1) is 17.9. The number of aliphatic hydroxyl groups is 1. The van der Waals surface area contributed by atoms with Gasteiger partial charge in [-0.3, -0.25) is 4.79 Å². The first-order valence-corrected chi connectivity index (χ1v) is 8.47. The van der Waals surface area contributed by atoms with E-state index in [2.05, 4.69) is 19.2 Å². The van der Waals surface area contributed by atoms with Gasteiger partial charge in [-0.05, 0) is 29.7 Å². The zero-order chi connectivity index (χ0) is 15.5. The van der Waals surface area contributed by atoms with E-state index in [1.54, 1.807) is 11.8 Å². The Morgan fingerprint density at radius 2 is 2.10 bits per heavy atom. The van der Waals surface area contributed by atoms with Gasteiger partial charge < -0.3 is 15.2 Å². The van der Waals surface area contributed by atoms with Crippen LogP contribution in [0.1, 0.15) is 31.7 Å². The highest BCUT2D eigenvalue weighted by Crippen LogP contribution is 2.25. The van der Waals surface area contributed by atoms with Crippen molar-refractivity contribution in [3.63, 3.8) is 0 Å². The maximum atomic E-state index is 11.7. The molecule has 2 N–H and O–H groups in total. The molecule has 0 radical (unpaired) electrons. The Morgan fingerprint density at radius 3 is 2.81 bits per heavy atom. The van der Waals surface area contributed by atoms with E-state index in [9.17, 15) is 4.79 Å². The van der Waals surface area contributed by atoms with Crippen LogP contribution in [0.25, 0.3) is 0 Å². The van der Waals surface area contributed by atoms with Crippen molar-refractivity contribution in [1.29, 1.82) is 0 Å². The van der Waals surface area contributed by atoms with Crippen molar-refractivity contribution in [3.8, 4) is 5.75 Å². The van der Waals surface area contributed by atoms with Crippen molar-refractivity contribution >= 4 is 17.7 Å². The third-order valence-corrected chi connectivity index (χ3v) is 3.99. The fourth-order valence-electron chi connectivity index (χ4n) is 1.81. The quantitative estimate of drug-likeness (QED) is 0.652. The fourth-order valence-corrected chi connectivity index (χ4v) is 2.60. The Hall–Kier alpha value is -1.20. The molecule has 0 aliphatic carbocycles. The molecule has 1 amide bonds. The van der Waals surface area contributed by atoms with Gasteiger partial charge in [-0.1, -0.05) is 32.0 Å². The largest absolute Gasteiger partial charge is 0.483 e. The summed E-state index contributed by atoms with van der Waals surface area (Å²) in [6.45, 7) is 5.11. The van der Waals surface area contributed by atoms with Crippen molar-refractivity contribution < 1.29 is 14.6 Å². The van der Waals surface area contributed by atoms with Crippen molar-refractivity contribution in [2.75, 3.05) is 31.3 Å². The molecule has 0 aliphatic heterocycles. The van der Waals surface area contributed by atoms with Gasteiger partial charge >= 0.3 is 0 Å². The number of rotatable bonds is 10. The monoisotopic (exact) mass is 311 g/mol. The van der Waals surface area contributed by atoms with E-state index in [0.717, 1.165) is 29.2 Å². The molecule has 118 valence electrons. The number of carbonyl (C=O) groups excluding carboxylic acids is 1. The van der Waals surface area contributed by atoms with Crippen LogP contribution in [0.3, 0.4) is 0 Å². The Morgan fingerprint density at radius 1 is 1.33 bits per heavy atom. The first-order valence-electron chi connectivity index (χ1n) is 7.32. The van der Waals surface area contributed by atoms with E-state index in [-0.39, 0.29) is 19.1 Å². The molecule has 0 atom stereocenters. The maximum absolute atomic E-state index is 11.7. The fraction of sp³-hybridized carbons (Fsp3) is 0.562. The average Bonchev–Trinajstić information content (AvgIpc) is 2.49. The number of nitrogens with one attached hydrogen (secondary N) is 1. The van der Waals surface area contributed by atoms with Crippen LogP contribution in [0.15, 0.2) is 24.3 Å². The number of thioether (sulfide) groups is 1. The van der Waals surface area contributed by atoms with E-state index >= 15 is 0 Å². The van der Waals surface area contributed by atoms with Gasteiger partial charge in [0.05, 0.1) is 0 Å². The lowest BCUT2D eigenvalue weighted by molar-refractivity contribution is -0.122. The van der Waals surface area contributed by atoms with E-state index in [1.807, 2.05) is 24.3 Å². The van der Waals surface area contributed by atoms with Gasteiger partial charge in [0, 0.05) is 18.9 Å². The van der Waals surface area contributed by atoms with E-state index < -0.39 is 0 Å². The van der Waals surface area contributed by atoms with Gasteiger partial charge in [0.2, 0.25) is 0 Å². The second-order valence-electron chi connectivity index (χ2n) is 5.02. The van der Waals surface area contributed by atoms with Crippen LogP contribution in [-0.4, -0.2) is 42.3 Å². The topological polar surface area (TPSA) is 58.6 Å². The molecule has 5 heteroatoms. The molecule has 1 rings (SSSR count). The third-order valence-electron chi connectivity index (χ3n) is 2.92. The molecule has 0 spiro atoms. The van der Waals surface area contributed by atoms with Crippen molar-refractivity contribution in [2.24, 2.45) is 0 Å². The number of carbonyl (C=O) groups is 1. The molecule has 0 unspecified atom stereocenters. The Balaban J connectivity index is 2.24. The van der Waals surface area contributed by atoms with Crippen LogP contribution in [0.4, 0.5) is 0 Å². The normalized spacial score (nSPS) is 10.7. The molecule has 1 aromatic carbocycles. The Bertz CT molecular complexity index is 424. The lowest BCUT2D eigenvalue weighted by Crippen LogP contribution is -2.30. The van der Waals surface area contributed by atoms with Gasteiger partial charge in [-0.25, -0.2) is 0 Å². The minimum Gasteiger partial charge on any atom is -0.483 e. The zero-order valence-corrected chi connectivity index (χ0v) is 13.6. The number of amides is 1. The summed E-state index contributed by atoms with van der Waals surface area (Å²) < 4.78 is 5.60. The lowest BCUT2D eigenvalue weighted by atomic mass is 10.0. The zero-order valence-electron chi connectivity index (χ0n) is 12.8. The summed E-state index contributed by atoms with van der Waals surface area (Å²) in [5.41, 5.74) is 1.12. The maximum Gasteiger partial charge on any atom is 0.257 e. The van der Waals surface area contributed by atoms with Crippen molar-refractivity contribution in [3.05, 3.63) is 29.8 Å². The standard InChI is InChI=1S/C16H25NO3S/c1-13(2)14-6-3-4-7-15(14)20-12-16(19)17-8-11-21-10-5-9-18/h3-4,6-7,13,18H,5,8-12H2,1-2H3,(H,17,19). The molecule has 4 nitrogen and oxygen atoms in total. The van der Waals surface area contributed by atoms with Crippen LogP contribution in [-0.2, 0) is 4.79 Å². The number of ether oxygens (including phenoxy) is 1. The Labute approximate surface area is 131 Å². The molecule has 0 heterocycles. The van der Waals surface area contributed by atoms with E-state index in [0.29, 0.717) is 12.5 Å². The highest BCUT2D eigenvalue weighted by Gasteiger charge is 2.08. The summed E-state index contributed by atoms with van der Waals surface area (Å²) in [5.74, 6) is 2.82. The van der Waals surface area contributed by atoms with Crippen LogP contribution >= 0.6 is 11.8 Å². The van der Waals surface area contributed by atoms with Crippen LogP contribution < -0.4 is 10.1 Å². The van der Waals surface area contributed by atoms with Gasteiger partial charge in [0.15, 0.2) is 6.61 Å². The highest BCUT2D eigenvalue weighted by atomic mass is 32.2. The van der Waals surface area contributed by atoms with Gasteiger partial charge in [0.25, 0.3) is 5.91 Å².